The van der Waals surface area contributed by atoms with Gasteiger partial charge in [0.2, 0.25) is 0 Å². The minimum Gasteiger partial charge on any atom is -0.497 e. The van der Waals surface area contributed by atoms with Crippen LogP contribution < -0.4 is 15.4 Å². The monoisotopic (exact) mass is 509 g/mol. The van der Waals surface area contributed by atoms with E-state index in [9.17, 15) is 0 Å². The third kappa shape index (κ3) is 7.19. The number of halogens is 1. The van der Waals surface area contributed by atoms with Crippen molar-refractivity contribution in [3.63, 3.8) is 0 Å². The molecule has 5 nitrogen and oxygen atoms in total. The normalized spacial score (nSPS) is 15.0. The molecular formula is C23H32IN3O2. The lowest BCUT2D eigenvalue weighted by Gasteiger charge is -2.30. The molecule has 158 valence electrons. The van der Waals surface area contributed by atoms with Crippen LogP contribution in [-0.4, -0.2) is 39.4 Å². The lowest BCUT2D eigenvalue weighted by molar-refractivity contribution is 0.145. The van der Waals surface area contributed by atoms with Crippen LogP contribution >= 0.6 is 24.0 Å². The van der Waals surface area contributed by atoms with Gasteiger partial charge in [-0.2, -0.15) is 0 Å². The number of hydrogen-bond acceptors (Lipinski definition) is 3. The molecule has 1 aliphatic carbocycles. The van der Waals surface area contributed by atoms with E-state index in [4.69, 9.17) is 14.5 Å². The third-order valence-corrected chi connectivity index (χ3v) is 5.02. The molecule has 1 aliphatic rings. The van der Waals surface area contributed by atoms with E-state index < -0.39 is 0 Å². The molecule has 0 fully saturated rings. The predicted molar refractivity (Wildman–Crippen MR) is 130 cm³/mol. The molecule has 0 heterocycles. The summed E-state index contributed by atoms with van der Waals surface area (Å²) in [4.78, 5) is 4.77. The Morgan fingerprint density at radius 1 is 1.10 bits per heavy atom. The molecular weight excluding hydrogens is 477 g/mol. The van der Waals surface area contributed by atoms with Crippen molar-refractivity contribution in [1.82, 2.24) is 10.6 Å². The first-order chi connectivity index (χ1) is 13.8. The summed E-state index contributed by atoms with van der Waals surface area (Å²) in [5.41, 5.74) is 4.08. The highest BCUT2D eigenvalue weighted by Gasteiger charge is 2.25. The molecule has 0 aromatic heterocycles. The summed E-state index contributed by atoms with van der Waals surface area (Å²) in [5.74, 6) is 2.29. The van der Waals surface area contributed by atoms with E-state index in [1.54, 1.807) is 7.11 Å². The summed E-state index contributed by atoms with van der Waals surface area (Å²) in [5, 5.41) is 6.95. The third-order valence-electron chi connectivity index (χ3n) is 5.02. The van der Waals surface area contributed by atoms with Crippen LogP contribution in [0.5, 0.6) is 5.75 Å². The highest BCUT2D eigenvalue weighted by Crippen LogP contribution is 2.33. The van der Waals surface area contributed by atoms with Crippen LogP contribution in [0.15, 0.2) is 53.5 Å². The number of nitrogens with one attached hydrogen (secondary N) is 2. The lowest BCUT2D eigenvalue weighted by Crippen LogP contribution is -2.41. The van der Waals surface area contributed by atoms with Gasteiger partial charge < -0.3 is 20.1 Å². The summed E-state index contributed by atoms with van der Waals surface area (Å²) in [6.45, 7) is 5.93. The number of hydrogen-bond donors (Lipinski definition) is 2. The first kappa shape index (κ1) is 23.5. The fourth-order valence-corrected chi connectivity index (χ4v) is 3.37. The fraction of sp³-hybridized carbons (Fsp3) is 0.435. The summed E-state index contributed by atoms with van der Waals surface area (Å²) < 4.78 is 10.6. The minimum absolute atomic E-state index is 0. The van der Waals surface area contributed by atoms with Crippen molar-refractivity contribution in [3.8, 4) is 5.75 Å². The van der Waals surface area contributed by atoms with Crippen LogP contribution in [0.3, 0.4) is 0 Å². The van der Waals surface area contributed by atoms with E-state index in [0.717, 1.165) is 56.4 Å². The fourth-order valence-electron chi connectivity index (χ4n) is 3.37. The molecule has 0 saturated heterocycles. The molecule has 2 aromatic carbocycles. The van der Waals surface area contributed by atoms with Crippen molar-refractivity contribution in [3.05, 3.63) is 65.2 Å². The van der Waals surface area contributed by atoms with Gasteiger partial charge in [0.1, 0.15) is 5.75 Å². The van der Waals surface area contributed by atoms with Crippen LogP contribution in [0.4, 0.5) is 0 Å². The zero-order chi connectivity index (χ0) is 19.6. The molecule has 2 aromatic rings. The SMILES string of the molecule is CCOCCCNC(=NCc1ccc(OC)cc1)NCC1Cc2ccccc21.I. The van der Waals surface area contributed by atoms with Gasteiger partial charge in [-0.05, 0) is 48.6 Å². The van der Waals surface area contributed by atoms with Gasteiger partial charge in [0.25, 0.3) is 0 Å². The second-order valence-corrected chi connectivity index (χ2v) is 6.97. The summed E-state index contributed by atoms with van der Waals surface area (Å²) in [6, 6.07) is 16.7. The Labute approximate surface area is 191 Å². The summed E-state index contributed by atoms with van der Waals surface area (Å²) in [7, 11) is 1.68. The maximum absolute atomic E-state index is 5.42. The van der Waals surface area contributed by atoms with Gasteiger partial charge in [-0.25, -0.2) is 4.99 Å². The summed E-state index contributed by atoms with van der Waals surface area (Å²) in [6.07, 6.45) is 2.10. The first-order valence-corrected chi connectivity index (χ1v) is 10.1. The average Bonchev–Trinajstić information content (AvgIpc) is 2.72. The zero-order valence-corrected chi connectivity index (χ0v) is 19.6. The molecule has 1 unspecified atom stereocenters. The predicted octanol–water partition coefficient (Wildman–Crippen LogP) is 4.11. The van der Waals surface area contributed by atoms with Crippen molar-refractivity contribution in [2.24, 2.45) is 4.99 Å². The van der Waals surface area contributed by atoms with Crippen molar-refractivity contribution in [1.29, 1.82) is 0 Å². The maximum Gasteiger partial charge on any atom is 0.191 e. The molecule has 6 heteroatoms. The number of fused-ring (bicyclic) bond motifs is 1. The Hall–Kier alpha value is -1.80. The van der Waals surface area contributed by atoms with Crippen LogP contribution in [0, 0.1) is 0 Å². The molecule has 0 radical (unpaired) electrons. The molecule has 0 amide bonds. The number of rotatable bonds is 10. The Kier molecular flexibility index (Phi) is 10.3. The average molecular weight is 509 g/mol. The van der Waals surface area contributed by atoms with Crippen LogP contribution in [0.1, 0.15) is 36.0 Å². The molecule has 1 atom stereocenters. The van der Waals surface area contributed by atoms with E-state index in [-0.39, 0.29) is 24.0 Å². The van der Waals surface area contributed by atoms with Crippen LogP contribution in [-0.2, 0) is 17.7 Å². The van der Waals surface area contributed by atoms with Crippen molar-refractivity contribution in [2.75, 3.05) is 33.4 Å². The largest absolute Gasteiger partial charge is 0.497 e. The van der Waals surface area contributed by atoms with Gasteiger partial charge in [0, 0.05) is 32.2 Å². The van der Waals surface area contributed by atoms with Gasteiger partial charge >= 0.3 is 0 Å². The molecule has 0 bridgehead atoms. The van der Waals surface area contributed by atoms with Gasteiger partial charge in [0.05, 0.1) is 13.7 Å². The highest BCUT2D eigenvalue weighted by molar-refractivity contribution is 14.0. The van der Waals surface area contributed by atoms with E-state index >= 15 is 0 Å². The van der Waals surface area contributed by atoms with Gasteiger partial charge in [-0.3, -0.25) is 0 Å². The van der Waals surface area contributed by atoms with Crippen molar-refractivity contribution in [2.45, 2.75) is 32.2 Å². The van der Waals surface area contributed by atoms with E-state index in [1.165, 1.54) is 11.1 Å². The number of ether oxygens (including phenoxy) is 2. The van der Waals surface area contributed by atoms with Gasteiger partial charge in [0.15, 0.2) is 5.96 Å². The minimum atomic E-state index is 0. The standard InChI is InChI=1S/C23H31N3O2.HI/c1-3-28-14-6-13-24-23(25-16-18-9-11-21(27-2)12-10-18)26-17-20-15-19-7-4-5-8-22(19)20;/h4-5,7-12,20H,3,6,13-17H2,1-2H3,(H2,24,25,26);1H. The number of methoxy groups -OCH3 is 1. The number of benzene rings is 2. The number of guanidine groups is 1. The zero-order valence-electron chi connectivity index (χ0n) is 17.3. The first-order valence-electron chi connectivity index (χ1n) is 10.1. The van der Waals surface area contributed by atoms with Crippen LogP contribution in [0.25, 0.3) is 0 Å². The quantitative estimate of drug-likeness (QED) is 0.219. The molecule has 0 aliphatic heterocycles. The Morgan fingerprint density at radius 2 is 1.90 bits per heavy atom. The van der Waals surface area contributed by atoms with Gasteiger partial charge in [-0.1, -0.05) is 36.4 Å². The molecule has 0 spiro atoms. The Morgan fingerprint density at radius 3 is 2.62 bits per heavy atom. The molecule has 3 rings (SSSR count). The van der Waals surface area contributed by atoms with Crippen molar-refractivity contribution >= 4 is 29.9 Å². The lowest BCUT2D eigenvalue weighted by atomic mass is 9.78. The number of aliphatic imine (C=N–C) groups is 1. The number of nitrogens with zero attached hydrogens (tertiary/aromatic N) is 1. The molecule has 0 saturated carbocycles. The second-order valence-electron chi connectivity index (χ2n) is 6.97. The highest BCUT2D eigenvalue weighted by atomic mass is 127. The second kappa shape index (κ2) is 12.7. The van der Waals surface area contributed by atoms with Crippen LogP contribution in [0.2, 0.25) is 0 Å². The van der Waals surface area contributed by atoms with E-state index in [1.807, 2.05) is 19.1 Å². The topological polar surface area (TPSA) is 54.9 Å². The Bertz CT molecular complexity index is 765. The Balaban J connectivity index is 0.00000300. The smallest absolute Gasteiger partial charge is 0.191 e. The molecule has 29 heavy (non-hydrogen) atoms. The van der Waals surface area contributed by atoms with Gasteiger partial charge in [-0.15, -0.1) is 24.0 Å². The summed E-state index contributed by atoms with van der Waals surface area (Å²) >= 11 is 0. The molecule has 2 N–H and O–H groups in total. The van der Waals surface area contributed by atoms with E-state index in [0.29, 0.717) is 12.5 Å². The van der Waals surface area contributed by atoms with E-state index in [2.05, 4.69) is 47.0 Å². The maximum atomic E-state index is 5.42. The van der Waals surface area contributed by atoms with Crippen molar-refractivity contribution < 1.29 is 9.47 Å².